The predicted octanol–water partition coefficient (Wildman–Crippen LogP) is 4.32. The van der Waals surface area contributed by atoms with E-state index < -0.39 is 5.97 Å². The first kappa shape index (κ1) is 14.6. The van der Waals surface area contributed by atoms with Gasteiger partial charge in [-0.05, 0) is 36.4 Å². The van der Waals surface area contributed by atoms with Crippen molar-refractivity contribution in [3.8, 4) is 11.5 Å². The number of para-hydroxylation sites is 3. The molecule has 0 atom stereocenters. The number of hydrogen-bond acceptors (Lipinski definition) is 4. The minimum atomic E-state index is -1.04. The molecule has 0 amide bonds. The highest BCUT2D eigenvalue weighted by atomic mass is 16.5. The molecule has 0 aliphatic rings. The summed E-state index contributed by atoms with van der Waals surface area (Å²) in [6, 6.07) is 19.7. The Hall–Kier alpha value is -3.34. The van der Waals surface area contributed by atoms with Crippen LogP contribution in [0.25, 0.3) is 0 Å². The zero-order chi connectivity index (χ0) is 16.1. The normalized spacial score (nSPS) is 10.1. The van der Waals surface area contributed by atoms with Gasteiger partial charge in [0.2, 0.25) is 0 Å². The van der Waals surface area contributed by atoms with Crippen LogP contribution < -0.4 is 10.1 Å². The van der Waals surface area contributed by atoms with E-state index in [0.29, 0.717) is 17.2 Å². The molecule has 0 unspecified atom stereocenters. The number of nitrogens with one attached hydrogen (secondary N) is 1. The van der Waals surface area contributed by atoms with Crippen molar-refractivity contribution in [3.63, 3.8) is 0 Å². The van der Waals surface area contributed by atoms with Crippen LogP contribution in [0.2, 0.25) is 0 Å². The number of benzene rings is 2. The molecular formula is C18H14N2O3. The van der Waals surface area contributed by atoms with Gasteiger partial charge in [-0.1, -0.05) is 30.3 Å². The van der Waals surface area contributed by atoms with Crippen molar-refractivity contribution in [2.24, 2.45) is 0 Å². The molecule has 114 valence electrons. The van der Waals surface area contributed by atoms with E-state index in [2.05, 4.69) is 10.3 Å². The summed E-state index contributed by atoms with van der Waals surface area (Å²) in [7, 11) is 0. The van der Waals surface area contributed by atoms with Crippen LogP contribution in [0, 0.1) is 0 Å². The molecule has 3 rings (SSSR count). The number of rotatable bonds is 5. The number of ether oxygens (including phenoxy) is 1. The highest BCUT2D eigenvalue weighted by molar-refractivity contribution is 5.94. The summed E-state index contributed by atoms with van der Waals surface area (Å²) >= 11 is 0. The lowest BCUT2D eigenvalue weighted by Gasteiger charge is -2.13. The second-order valence-corrected chi connectivity index (χ2v) is 4.74. The smallest absolute Gasteiger partial charge is 0.339 e. The fourth-order valence-corrected chi connectivity index (χ4v) is 2.08. The monoisotopic (exact) mass is 306 g/mol. The third-order valence-electron chi connectivity index (χ3n) is 3.15. The summed E-state index contributed by atoms with van der Waals surface area (Å²) in [5.74, 6) is 0.507. The second-order valence-electron chi connectivity index (χ2n) is 4.74. The van der Waals surface area contributed by atoms with Crippen molar-refractivity contribution in [1.29, 1.82) is 0 Å². The van der Waals surface area contributed by atoms with E-state index in [-0.39, 0.29) is 11.4 Å². The molecule has 0 fully saturated rings. The summed E-state index contributed by atoms with van der Waals surface area (Å²) in [4.78, 5) is 15.4. The lowest BCUT2D eigenvalue weighted by molar-refractivity contribution is 0.0697. The molecule has 1 aromatic heterocycles. The summed E-state index contributed by atoms with van der Waals surface area (Å²) in [6.45, 7) is 0. The lowest BCUT2D eigenvalue weighted by Crippen LogP contribution is -2.05. The SMILES string of the molecule is O=C(O)c1cccnc1Nc1ccccc1Oc1ccccc1. The molecule has 0 aliphatic heterocycles. The van der Waals surface area contributed by atoms with Gasteiger partial charge in [-0.2, -0.15) is 0 Å². The van der Waals surface area contributed by atoms with Gasteiger partial charge in [0, 0.05) is 6.20 Å². The van der Waals surface area contributed by atoms with Gasteiger partial charge in [0.05, 0.1) is 5.69 Å². The molecule has 5 nitrogen and oxygen atoms in total. The van der Waals surface area contributed by atoms with Crippen LogP contribution in [0.4, 0.5) is 11.5 Å². The van der Waals surface area contributed by atoms with E-state index >= 15 is 0 Å². The lowest BCUT2D eigenvalue weighted by atomic mass is 10.2. The van der Waals surface area contributed by atoms with Crippen LogP contribution in [0.1, 0.15) is 10.4 Å². The predicted molar refractivity (Wildman–Crippen MR) is 87.4 cm³/mol. The topological polar surface area (TPSA) is 71.5 Å². The van der Waals surface area contributed by atoms with Gasteiger partial charge in [-0.25, -0.2) is 9.78 Å². The third kappa shape index (κ3) is 3.47. The van der Waals surface area contributed by atoms with Crippen LogP contribution in [-0.2, 0) is 0 Å². The average molecular weight is 306 g/mol. The first-order valence-corrected chi connectivity index (χ1v) is 7.01. The highest BCUT2D eigenvalue weighted by Gasteiger charge is 2.12. The van der Waals surface area contributed by atoms with Crippen molar-refractivity contribution in [2.75, 3.05) is 5.32 Å². The standard InChI is InChI=1S/C18H14N2O3/c21-18(22)14-9-6-12-19-17(14)20-15-10-4-5-11-16(15)23-13-7-2-1-3-8-13/h1-12H,(H,19,20)(H,21,22). The molecular weight excluding hydrogens is 292 g/mol. The Labute approximate surface area is 133 Å². The minimum absolute atomic E-state index is 0.0991. The quantitative estimate of drug-likeness (QED) is 0.734. The number of aromatic nitrogens is 1. The number of pyridine rings is 1. The zero-order valence-electron chi connectivity index (χ0n) is 12.1. The van der Waals surface area contributed by atoms with E-state index in [1.165, 1.54) is 12.3 Å². The first-order valence-electron chi connectivity index (χ1n) is 7.01. The molecule has 5 heteroatoms. The van der Waals surface area contributed by atoms with Crippen LogP contribution in [0.5, 0.6) is 11.5 Å². The summed E-state index contributed by atoms with van der Waals surface area (Å²) in [5.41, 5.74) is 0.736. The fraction of sp³-hybridized carbons (Fsp3) is 0. The molecule has 2 N–H and O–H groups in total. The Kier molecular flexibility index (Phi) is 4.20. The van der Waals surface area contributed by atoms with Crippen molar-refractivity contribution < 1.29 is 14.6 Å². The van der Waals surface area contributed by atoms with Gasteiger partial charge in [-0.3, -0.25) is 0 Å². The van der Waals surface area contributed by atoms with E-state index in [4.69, 9.17) is 4.74 Å². The molecule has 0 spiro atoms. The van der Waals surface area contributed by atoms with Gasteiger partial charge in [0.25, 0.3) is 0 Å². The van der Waals surface area contributed by atoms with Crippen LogP contribution in [0.3, 0.4) is 0 Å². The maximum Gasteiger partial charge on any atom is 0.339 e. The Morgan fingerprint density at radius 2 is 1.70 bits per heavy atom. The second kappa shape index (κ2) is 6.62. The third-order valence-corrected chi connectivity index (χ3v) is 3.15. The number of carboxylic acid groups (broad SMARTS) is 1. The molecule has 23 heavy (non-hydrogen) atoms. The van der Waals surface area contributed by atoms with Crippen molar-refractivity contribution in [3.05, 3.63) is 78.5 Å². The van der Waals surface area contributed by atoms with Gasteiger partial charge < -0.3 is 15.2 Å². The van der Waals surface area contributed by atoms with Crippen molar-refractivity contribution >= 4 is 17.5 Å². The Morgan fingerprint density at radius 1 is 0.957 bits per heavy atom. The van der Waals surface area contributed by atoms with Crippen LogP contribution >= 0.6 is 0 Å². The van der Waals surface area contributed by atoms with Crippen molar-refractivity contribution in [2.45, 2.75) is 0 Å². The minimum Gasteiger partial charge on any atom is -0.478 e. The fourth-order valence-electron chi connectivity index (χ4n) is 2.08. The number of aromatic carboxylic acids is 1. The average Bonchev–Trinajstić information content (AvgIpc) is 2.58. The summed E-state index contributed by atoms with van der Waals surface area (Å²) in [5, 5.41) is 12.3. The number of nitrogens with zero attached hydrogens (tertiary/aromatic N) is 1. The van der Waals surface area contributed by atoms with Crippen LogP contribution in [0.15, 0.2) is 72.9 Å². The molecule has 1 heterocycles. The number of hydrogen-bond donors (Lipinski definition) is 2. The Morgan fingerprint density at radius 3 is 2.48 bits per heavy atom. The van der Waals surface area contributed by atoms with Crippen molar-refractivity contribution in [1.82, 2.24) is 4.98 Å². The van der Waals surface area contributed by atoms with Gasteiger partial charge in [-0.15, -0.1) is 0 Å². The number of carboxylic acids is 1. The molecule has 3 aromatic rings. The van der Waals surface area contributed by atoms with Crippen LogP contribution in [-0.4, -0.2) is 16.1 Å². The number of anilines is 2. The molecule has 0 bridgehead atoms. The molecule has 0 aliphatic carbocycles. The maximum atomic E-state index is 11.3. The first-order chi connectivity index (χ1) is 11.2. The molecule has 0 saturated heterocycles. The molecule has 0 radical (unpaired) electrons. The largest absolute Gasteiger partial charge is 0.478 e. The summed E-state index contributed by atoms with van der Waals surface area (Å²) < 4.78 is 5.84. The van der Waals surface area contributed by atoms with E-state index in [1.54, 1.807) is 18.2 Å². The van der Waals surface area contributed by atoms with Gasteiger partial charge >= 0.3 is 5.97 Å². The van der Waals surface area contributed by atoms with E-state index in [9.17, 15) is 9.90 Å². The number of carbonyl (C=O) groups is 1. The Balaban J connectivity index is 1.91. The summed E-state index contributed by atoms with van der Waals surface area (Å²) in [6.07, 6.45) is 1.54. The van der Waals surface area contributed by atoms with Gasteiger partial charge in [0.1, 0.15) is 17.1 Å². The zero-order valence-corrected chi connectivity index (χ0v) is 12.1. The van der Waals surface area contributed by atoms with Gasteiger partial charge in [0.15, 0.2) is 5.75 Å². The molecule has 2 aromatic carbocycles. The Bertz CT molecular complexity index is 819. The van der Waals surface area contributed by atoms with E-state index in [1.807, 2.05) is 42.5 Å². The maximum absolute atomic E-state index is 11.3. The van der Waals surface area contributed by atoms with E-state index in [0.717, 1.165) is 0 Å². The molecule has 0 saturated carbocycles. The highest BCUT2D eigenvalue weighted by Crippen LogP contribution is 2.31.